The van der Waals surface area contributed by atoms with Crippen LogP contribution >= 0.6 is 35.6 Å². The van der Waals surface area contributed by atoms with E-state index in [1.54, 1.807) is 19.1 Å². The van der Waals surface area contributed by atoms with E-state index in [2.05, 4.69) is 16.4 Å². The number of H-pyrrole nitrogens is 1. The number of nitrogens with zero attached hydrogens (tertiary/aromatic N) is 1. The Hall–Kier alpha value is -2.61. The lowest BCUT2D eigenvalue weighted by Crippen LogP contribution is -2.47. The fourth-order valence-corrected chi connectivity index (χ4v) is 5.07. The number of thiocarbonyl (C=S) groups is 1. The molecule has 1 fully saturated rings. The zero-order valence-electron chi connectivity index (χ0n) is 16.7. The van der Waals surface area contributed by atoms with Gasteiger partial charge in [0.15, 0.2) is 0 Å². The average molecular weight is 470 g/mol. The van der Waals surface area contributed by atoms with E-state index in [4.69, 9.17) is 23.8 Å². The number of thioether (sulfide) groups is 1. The zero-order chi connectivity index (χ0) is 22.0. The fraction of sp³-hybridized carbons (Fsp3) is 0.174. The Labute approximate surface area is 194 Å². The molecule has 1 aromatic heterocycles. The number of benzene rings is 2. The van der Waals surface area contributed by atoms with Gasteiger partial charge in [-0.2, -0.15) is 0 Å². The minimum Gasteiger partial charge on any atom is -0.361 e. The summed E-state index contributed by atoms with van der Waals surface area (Å²) in [6.07, 6.45) is 4.36. The first-order valence-electron chi connectivity index (χ1n) is 9.80. The first-order valence-corrected chi connectivity index (χ1v) is 11.4. The van der Waals surface area contributed by atoms with Crippen LogP contribution in [0.5, 0.6) is 0 Å². The van der Waals surface area contributed by atoms with Crippen LogP contribution in [0.1, 0.15) is 18.1 Å². The second-order valence-electron chi connectivity index (χ2n) is 7.15. The second-order valence-corrected chi connectivity index (χ2v) is 9.23. The summed E-state index contributed by atoms with van der Waals surface area (Å²) in [7, 11) is 0. The number of amides is 2. The van der Waals surface area contributed by atoms with Crippen LogP contribution in [0.15, 0.2) is 59.6 Å². The molecule has 158 valence electrons. The summed E-state index contributed by atoms with van der Waals surface area (Å²) in [4.78, 5) is 30.7. The third kappa shape index (κ3) is 4.54. The van der Waals surface area contributed by atoms with Crippen LogP contribution < -0.4 is 5.32 Å². The molecule has 2 N–H and O–H groups in total. The van der Waals surface area contributed by atoms with E-state index in [1.807, 2.05) is 42.6 Å². The smallest absolute Gasteiger partial charge is 0.266 e. The molecule has 0 saturated carbocycles. The largest absolute Gasteiger partial charge is 0.361 e. The highest BCUT2D eigenvalue weighted by molar-refractivity contribution is 8.26. The number of aromatic nitrogens is 1. The van der Waals surface area contributed by atoms with Gasteiger partial charge in [-0.3, -0.25) is 14.5 Å². The molecule has 0 unspecified atom stereocenters. The molecule has 2 aromatic carbocycles. The van der Waals surface area contributed by atoms with Crippen LogP contribution in [-0.4, -0.2) is 38.6 Å². The van der Waals surface area contributed by atoms with E-state index in [1.165, 1.54) is 16.7 Å². The Bertz CT molecular complexity index is 1200. The summed E-state index contributed by atoms with van der Waals surface area (Å²) in [5, 5.41) is 4.62. The van der Waals surface area contributed by atoms with Gasteiger partial charge in [0.2, 0.25) is 5.91 Å². The Morgan fingerprint density at radius 2 is 2.00 bits per heavy atom. The summed E-state index contributed by atoms with van der Waals surface area (Å²) < 4.78 is 0.364. The first kappa shape index (κ1) is 21.6. The van der Waals surface area contributed by atoms with Crippen molar-refractivity contribution >= 4 is 68.7 Å². The number of fused-ring (bicyclic) bond motifs is 1. The van der Waals surface area contributed by atoms with Gasteiger partial charge in [-0.15, -0.1) is 0 Å². The number of halogens is 1. The molecule has 2 heterocycles. The number of aromatic amines is 1. The third-order valence-electron chi connectivity index (χ3n) is 5.15. The predicted molar refractivity (Wildman–Crippen MR) is 131 cm³/mol. The second kappa shape index (κ2) is 9.26. The van der Waals surface area contributed by atoms with Crippen LogP contribution in [0, 0.1) is 0 Å². The van der Waals surface area contributed by atoms with E-state index in [0.717, 1.165) is 22.0 Å². The van der Waals surface area contributed by atoms with Crippen molar-refractivity contribution in [2.75, 3.05) is 6.54 Å². The molecule has 1 atom stereocenters. The normalized spacial score (nSPS) is 16.3. The number of rotatable bonds is 6. The Morgan fingerprint density at radius 3 is 2.81 bits per heavy atom. The number of nitrogens with one attached hydrogen (secondary N) is 2. The van der Waals surface area contributed by atoms with Crippen molar-refractivity contribution in [3.8, 4) is 0 Å². The van der Waals surface area contributed by atoms with Crippen molar-refractivity contribution in [1.29, 1.82) is 0 Å². The first-order chi connectivity index (χ1) is 15.0. The SMILES string of the molecule is C[C@H](C(=O)NCCc1c[nH]c2ccccc12)N1C(=O)/C(=C/c2ccccc2Cl)SC1=S. The summed E-state index contributed by atoms with van der Waals surface area (Å²) >= 11 is 12.8. The molecular weight excluding hydrogens is 450 g/mol. The molecule has 1 aliphatic rings. The molecule has 0 aliphatic carbocycles. The number of hydrogen-bond acceptors (Lipinski definition) is 4. The number of carbonyl (C=O) groups excluding carboxylic acids is 2. The number of hydrogen-bond donors (Lipinski definition) is 2. The number of carbonyl (C=O) groups is 2. The monoisotopic (exact) mass is 469 g/mol. The van der Waals surface area contributed by atoms with Crippen molar-refractivity contribution in [3.05, 3.63) is 75.8 Å². The van der Waals surface area contributed by atoms with Crippen molar-refractivity contribution < 1.29 is 9.59 Å². The molecule has 2 amide bonds. The molecule has 8 heteroatoms. The number of para-hydroxylation sites is 1. The maximum atomic E-state index is 12.9. The predicted octanol–water partition coefficient (Wildman–Crippen LogP) is 4.77. The van der Waals surface area contributed by atoms with E-state index in [-0.39, 0.29) is 11.8 Å². The maximum absolute atomic E-state index is 12.9. The molecule has 0 bridgehead atoms. The summed E-state index contributed by atoms with van der Waals surface area (Å²) in [5.41, 5.74) is 2.94. The minimum atomic E-state index is -0.701. The molecule has 0 spiro atoms. The van der Waals surface area contributed by atoms with Crippen LogP contribution in [0.3, 0.4) is 0 Å². The lowest BCUT2D eigenvalue weighted by Gasteiger charge is -2.22. The summed E-state index contributed by atoms with van der Waals surface area (Å²) in [6.45, 7) is 2.15. The lowest BCUT2D eigenvalue weighted by atomic mass is 10.1. The van der Waals surface area contributed by atoms with Gasteiger partial charge in [-0.1, -0.05) is 72.0 Å². The molecule has 1 aliphatic heterocycles. The highest BCUT2D eigenvalue weighted by Gasteiger charge is 2.38. The van der Waals surface area contributed by atoms with Crippen molar-refractivity contribution in [2.45, 2.75) is 19.4 Å². The quantitative estimate of drug-likeness (QED) is 0.403. The highest BCUT2D eigenvalue weighted by Crippen LogP contribution is 2.35. The fourth-order valence-electron chi connectivity index (χ4n) is 3.47. The lowest BCUT2D eigenvalue weighted by molar-refractivity contribution is -0.132. The van der Waals surface area contributed by atoms with Crippen LogP contribution in [0.2, 0.25) is 5.02 Å². The van der Waals surface area contributed by atoms with Gasteiger partial charge >= 0.3 is 0 Å². The average Bonchev–Trinajstić information content (AvgIpc) is 3.29. The Kier molecular flexibility index (Phi) is 6.46. The van der Waals surface area contributed by atoms with Crippen molar-refractivity contribution in [1.82, 2.24) is 15.2 Å². The van der Waals surface area contributed by atoms with E-state index >= 15 is 0 Å². The van der Waals surface area contributed by atoms with Crippen molar-refractivity contribution in [2.24, 2.45) is 0 Å². The standard InChI is InChI=1S/C23H20ClN3O2S2/c1-14(21(28)25-11-10-16-13-26-19-9-5-3-7-17(16)19)27-22(29)20(31-23(27)30)12-15-6-2-4-8-18(15)24/h2-9,12-14,26H,10-11H2,1H3,(H,25,28)/b20-12-/t14-/m1/s1. The molecule has 5 nitrogen and oxygen atoms in total. The van der Waals surface area contributed by atoms with Gasteiger partial charge in [-0.05, 0) is 42.7 Å². The molecular formula is C23H20ClN3O2S2. The summed E-state index contributed by atoms with van der Waals surface area (Å²) in [5.74, 6) is -0.524. The minimum absolute atomic E-state index is 0.241. The Morgan fingerprint density at radius 1 is 1.26 bits per heavy atom. The van der Waals surface area contributed by atoms with E-state index < -0.39 is 6.04 Å². The van der Waals surface area contributed by atoms with E-state index in [9.17, 15) is 9.59 Å². The molecule has 1 saturated heterocycles. The van der Waals surface area contributed by atoms with Gasteiger partial charge in [-0.25, -0.2) is 0 Å². The van der Waals surface area contributed by atoms with Gasteiger partial charge < -0.3 is 10.3 Å². The van der Waals surface area contributed by atoms with Crippen molar-refractivity contribution in [3.63, 3.8) is 0 Å². The van der Waals surface area contributed by atoms with Crippen LogP contribution in [0.25, 0.3) is 17.0 Å². The Balaban J connectivity index is 1.39. The van der Waals surface area contributed by atoms with Crippen LogP contribution in [-0.2, 0) is 16.0 Å². The van der Waals surface area contributed by atoms with Gasteiger partial charge in [0.05, 0.1) is 4.91 Å². The summed E-state index contributed by atoms with van der Waals surface area (Å²) in [6, 6.07) is 14.6. The van der Waals surface area contributed by atoms with Gasteiger partial charge in [0.25, 0.3) is 5.91 Å². The van der Waals surface area contributed by atoms with Gasteiger partial charge in [0, 0.05) is 28.7 Å². The molecule has 0 radical (unpaired) electrons. The highest BCUT2D eigenvalue weighted by atomic mass is 35.5. The molecule has 4 rings (SSSR count). The van der Waals surface area contributed by atoms with Crippen LogP contribution in [0.4, 0.5) is 0 Å². The maximum Gasteiger partial charge on any atom is 0.266 e. The van der Waals surface area contributed by atoms with Gasteiger partial charge in [0.1, 0.15) is 10.4 Å². The molecule has 31 heavy (non-hydrogen) atoms. The topological polar surface area (TPSA) is 65.2 Å². The van der Waals surface area contributed by atoms with E-state index in [0.29, 0.717) is 27.2 Å². The zero-order valence-corrected chi connectivity index (χ0v) is 19.1. The molecule has 3 aromatic rings. The third-order valence-corrected chi connectivity index (χ3v) is 6.83.